The Morgan fingerprint density at radius 2 is 1.67 bits per heavy atom. The van der Waals surface area contributed by atoms with E-state index < -0.39 is 23.8 Å². The Kier molecular flexibility index (Phi) is 7.35. The second-order valence-electron chi connectivity index (χ2n) is 13.4. The topological polar surface area (TPSA) is 135 Å². The highest BCUT2D eigenvalue weighted by molar-refractivity contribution is 6.23. The van der Waals surface area contributed by atoms with Gasteiger partial charge in [-0.25, -0.2) is 0 Å². The van der Waals surface area contributed by atoms with Gasteiger partial charge in [-0.3, -0.25) is 34.1 Å². The number of rotatable bonds is 9. The third kappa shape index (κ3) is 5.46. The molecule has 4 heterocycles. The van der Waals surface area contributed by atoms with Gasteiger partial charge in [-0.15, -0.1) is 0 Å². The van der Waals surface area contributed by atoms with Gasteiger partial charge in [0.05, 0.1) is 22.9 Å². The third-order valence-electron chi connectivity index (χ3n) is 10.1. The van der Waals surface area contributed by atoms with Crippen molar-refractivity contribution in [3.05, 3.63) is 65.5 Å². The number of aromatic nitrogens is 2. The first-order valence-corrected chi connectivity index (χ1v) is 16.5. The SMILES string of the molecule is O=C1CCC(N2C(=O)c3ccc(NCC4CC(n5cc(-c6cccc(NC7CCOCC7)c6)c(C6CC6)n5)C4)cc3C2=O)C(=O)N1. The minimum atomic E-state index is -0.964. The van der Waals surface area contributed by atoms with Crippen molar-refractivity contribution < 1.29 is 23.9 Å². The van der Waals surface area contributed by atoms with Crippen LogP contribution in [0.1, 0.15) is 89.7 Å². The minimum Gasteiger partial charge on any atom is -0.385 e. The molecule has 2 saturated heterocycles. The number of nitrogens with one attached hydrogen (secondary N) is 3. The summed E-state index contributed by atoms with van der Waals surface area (Å²) in [5.41, 5.74) is 6.15. The highest BCUT2D eigenvalue weighted by atomic mass is 16.5. The zero-order valence-electron chi connectivity index (χ0n) is 25.7. The van der Waals surface area contributed by atoms with Gasteiger partial charge in [0.25, 0.3) is 11.8 Å². The van der Waals surface area contributed by atoms with Crippen LogP contribution in [0, 0.1) is 5.92 Å². The lowest BCUT2D eigenvalue weighted by atomic mass is 9.80. The van der Waals surface area contributed by atoms with Gasteiger partial charge in [0.2, 0.25) is 11.8 Å². The number of carbonyl (C=O) groups excluding carboxylic acids is 4. The molecule has 3 aliphatic heterocycles. The van der Waals surface area contributed by atoms with E-state index >= 15 is 0 Å². The average molecular weight is 623 g/mol. The number of fused-ring (bicyclic) bond motifs is 1. The summed E-state index contributed by atoms with van der Waals surface area (Å²) in [6.07, 6.45) is 8.95. The predicted molar refractivity (Wildman–Crippen MR) is 170 cm³/mol. The van der Waals surface area contributed by atoms with E-state index in [1.165, 1.54) is 29.7 Å². The summed E-state index contributed by atoms with van der Waals surface area (Å²) in [4.78, 5) is 51.1. The van der Waals surface area contributed by atoms with Crippen molar-refractivity contribution in [2.75, 3.05) is 30.4 Å². The Morgan fingerprint density at radius 3 is 2.46 bits per heavy atom. The monoisotopic (exact) mass is 622 g/mol. The number of piperidine rings is 1. The number of amides is 4. The van der Waals surface area contributed by atoms with E-state index in [0.29, 0.717) is 23.9 Å². The zero-order chi connectivity index (χ0) is 31.4. The molecule has 1 unspecified atom stereocenters. The number of hydrogen-bond acceptors (Lipinski definition) is 8. The van der Waals surface area contributed by atoms with Crippen molar-refractivity contribution in [2.24, 2.45) is 5.92 Å². The Morgan fingerprint density at radius 1 is 0.870 bits per heavy atom. The Bertz CT molecular complexity index is 1720. The highest BCUT2D eigenvalue weighted by Crippen LogP contribution is 2.46. The van der Waals surface area contributed by atoms with Crippen LogP contribution < -0.4 is 16.0 Å². The third-order valence-corrected chi connectivity index (χ3v) is 10.1. The molecule has 4 amide bonds. The lowest BCUT2D eigenvalue weighted by Crippen LogP contribution is -2.54. The molecular formula is C35H38N6O5. The van der Waals surface area contributed by atoms with Gasteiger partial charge >= 0.3 is 0 Å². The fraction of sp³-hybridized carbons (Fsp3) is 0.457. The van der Waals surface area contributed by atoms with E-state index in [-0.39, 0.29) is 29.9 Å². The van der Waals surface area contributed by atoms with E-state index in [1.807, 2.05) is 0 Å². The lowest BCUT2D eigenvalue weighted by Gasteiger charge is -2.35. The van der Waals surface area contributed by atoms with E-state index in [1.54, 1.807) is 18.2 Å². The number of imide groups is 2. The van der Waals surface area contributed by atoms with Gasteiger partial charge in [-0.05, 0) is 86.8 Å². The van der Waals surface area contributed by atoms with Crippen LogP contribution in [-0.2, 0) is 14.3 Å². The minimum absolute atomic E-state index is 0.0995. The molecule has 238 valence electrons. The quantitative estimate of drug-likeness (QED) is 0.298. The summed E-state index contributed by atoms with van der Waals surface area (Å²) in [7, 11) is 0. The first kappa shape index (κ1) is 28.9. The Labute approximate surface area is 267 Å². The summed E-state index contributed by atoms with van der Waals surface area (Å²) >= 11 is 0. The molecule has 2 aliphatic carbocycles. The second kappa shape index (κ2) is 11.7. The van der Waals surface area contributed by atoms with Gasteiger partial charge in [-0.2, -0.15) is 5.10 Å². The van der Waals surface area contributed by atoms with Crippen molar-refractivity contribution in [1.82, 2.24) is 20.0 Å². The highest BCUT2D eigenvalue weighted by Gasteiger charge is 2.44. The number of ether oxygens (including phenoxy) is 1. The molecule has 0 radical (unpaired) electrons. The molecule has 11 nitrogen and oxygen atoms in total. The molecule has 5 aliphatic rings. The molecule has 4 fully saturated rings. The van der Waals surface area contributed by atoms with E-state index in [4.69, 9.17) is 9.84 Å². The first-order chi connectivity index (χ1) is 22.4. The van der Waals surface area contributed by atoms with Crippen LogP contribution in [-0.4, -0.2) is 70.2 Å². The van der Waals surface area contributed by atoms with Gasteiger partial charge in [0.1, 0.15) is 6.04 Å². The van der Waals surface area contributed by atoms with Crippen molar-refractivity contribution in [3.63, 3.8) is 0 Å². The zero-order valence-corrected chi connectivity index (χ0v) is 25.7. The number of anilines is 2. The fourth-order valence-electron chi connectivity index (χ4n) is 7.25. The average Bonchev–Trinajstić information content (AvgIpc) is 3.75. The summed E-state index contributed by atoms with van der Waals surface area (Å²) in [5, 5.41) is 14.5. The van der Waals surface area contributed by atoms with Gasteiger partial charge < -0.3 is 15.4 Å². The van der Waals surface area contributed by atoms with Crippen LogP contribution in [0.4, 0.5) is 11.4 Å². The number of nitrogens with zero attached hydrogens (tertiary/aromatic N) is 3. The molecular weight excluding hydrogens is 584 g/mol. The maximum absolute atomic E-state index is 13.2. The van der Waals surface area contributed by atoms with E-state index in [2.05, 4.69) is 51.1 Å². The normalized spacial score (nSPS) is 24.9. The second-order valence-corrected chi connectivity index (χ2v) is 13.4. The Balaban J connectivity index is 0.897. The van der Waals surface area contributed by atoms with Gasteiger partial charge in [0, 0.05) is 61.3 Å². The maximum atomic E-state index is 13.2. The molecule has 1 atom stereocenters. The van der Waals surface area contributed by atoms with E-state index in [0.717, 1.165) is 61.7 Å². The fourth-order valence-corrected chi connectivity index (χ4v) is 7.25. The molecule has 1 aromatic heterocycles. The van der Waals surface area contributed by atoms with Crippen molar-refractivity contribution >= 4 is 35.0 Å². The molecule has 3 aromatic rings. The van der Waals surface area contributed by atoms with Crippen LogP contribution in [0.5, 0.6) is 0 Å². The summed E-state index contributed by atoms with van der Waals surface area (Å²) in [6, 6.07) is 13.7. The van der Waals surface area contributed by atoms with Crippen LogP contribution in [0.3, 0.4) is 0 Å². The van der Waals surface area contributed by atoms with Crippen LogP contribution in [0.15, 0.2) is 48.7 Å². The Hall–Kier alpha value is -4.51. The number of benzene rings is 2. The van der Waals surface area contributed by atoms with Crippen LogP contribution in [0.25, 0.3) is 11.1 Å². The van der Waals surface area contributed by atoms with Gasteiger partial charge in [0.15, 0.2) is 0 Å². The number of hydrogen-bond donors (Lipinski definition) is 3. The van der Waals surface area contributed by atoms with Gasteiger partial charge in [-0.1, -0.05) is 12.1 Å². The van der Waals surface area contributed by atoms with Crippen molar-refractivity contribution in [1.29, 1.82) is 0 Å². The number of carbonyl (C=O) groups is 4. The van der Waals surface area contributed by atoms with Crippen LogP contribution in [0.2, 0.25) is 0 Å². The summed E-state index contributed by atoms with van der Waals surface area (Å²) in [5.74, 6) is -0.973. The predicted octanol–water partition coefficient (Wildman–Crippen LogP) is 4.48. The van der Waals surface area contributed by atoms with Crippen LogP contribution >= 0.6 is 0 Å². The molecule has 3 N–H and O–H groups in total. The summed E-state index contributed by atoms with van der Waals surface area (Å²) in [6.45, 7) is 2.37. The standard InChI is InChI=1S/C35H38N6O5/c42-31-9-8-30(33(43)38-31)41-34(44)27-7-6-24(17-28(27)35(41)45)36-18-20-14-26(15-20)40-19-29(32(39-40)21-4-5-21)22-2-1-3-25(16-22)37-23-10-12-46-13-11-23/h1-3,6-7,16-17,19-21,23,26,30,36-37H,4-5,8-15,18H2,(H,38,42,43). The molecule has 8 rings (SSSR count). The lowest BCUT2D eigenvalue weighted by molar-refractivity contribution is -0.136. The smallest absolute Gasteiger partial charge is 0.262 e. The molecule has 0 spiro atoms. The summed E-state index contributed by atoms with van der Waals surface area (Å²) < 4.78 is 7.70. The molecule has 2 saturated carbocycles. The van der Waals surface area contributed by atoms with Crippen molar-refractivity contribution in [3.8, 4) is 11.1 Å². The first-order valence-electron chi connectivity index (χ1n) is 16.5. The van der Waals surface area contributed by atoms with Crippen molar-refractivity contribution in [2.45, 2.75) is 75.4 Å². The molecule has 46 heavy (non-hydrogen) atoms. The van der Waals surface area contributed by atoms with E-state index in [9.17, 15) is 19.2 Å². The molecule has 2 aromatic carbocycles. The largest absolute Gasteiger partial charge is 0.385 e. The molecule has 0 bridgehead atoms. The maximum Gasteiger partial charge on any atom is 0.262 e. The molecule has 11 heteroatoms.